The predicted octanol–water partition coefficient (Wildman–Crippen LogP) is 4.22. The third kappa shape index (κ3) is 4.34. The molecule has 0 radical (unpaired) electrons. The fourth-order valence-corrected chi connectivity index (χ4v) is 4.58. The summed E-state index contributed by atoms with van der Waals surface area (Å²) in [5, 5.41) is 7.75. The summed E-state index contributed by atoms with van der Waals surface area (Å²) >= 11 is 0. The van der Waals surface area contributed by atoms with E-state index in [4.69, 9.17) is 0 Å². The van der Waals surface area contributed by atoms with Crippen LogP contribution in [0.2, 0.25) is 0 Å². The van der Waals surface area contributed by atoms with Gasteiger partial charge in [0.25, 0.3) is 0 Å². The predicted molar refractivity (Wildman–Crippen MR) is 118 cm³/mol. The molecule has 0 atom stereocenters. The molecule has 2 heterocycles. The number of aromatic nitrogens is 3. The van der Waals surface area contributed by atoms with Gasteiger partial charge in [-0.25, -0.2) is 17.7 Å². The summed E-state index contributed by atoms with van der Waals surface area (Å²) in [6.45, 7) is 5.43. The van der Waals surface area contributed by atoms with Crippen molar-refractivity contribution in [3.05, 3.63) is 72.8 Å². The molecule has 0 bridgehead atoms. The highest BCUT2D eigenvalue weighted by Crippen LogP contribution is 2.25. The molecular weight excluding hydrogens is 398 g/mol. The average Bonchev–Trinajstić information content (AvgIpc) is 3.09. The van der Waals surface area contributed by atoms with Crippen LogP contribution in [0.25, 0.3) is 16.9 Å². The van der Waals surface area contributed by atoms with Gasteiger partial charge in [-0.2, -0.15) is 4.98 Å². The van der Waals surface area contributed by atoms with Gasteiger partial charge in [0, 0.05) is 16.8 Å². The lowest BCUT2D eigenvalue weighted by atomic mass is 10.1. The van der Waals surface area contributed by atoms with Gasteiger partial charge >= 0.3 is 0 Å². The SMILES string of the molecule is CC(C)(C)NS(=O)(=O)c1cccc(-c2cccc3nc(Nc4ccccc4)nn23)c1. The molecule has 0 aliphatic heterocycles. The molecule has 0 aliphatic carbocycles. The minimum Gasteiger partial charge on any atom is -0.323 e. The van der Waals surface area contributed by atoms with Gasteiger partial charge < -0.3 is 5.32 Å². The van der Waals surface area contributed by atoms with E-state index in [2.05, 4.69) is 20.1 Å². The second-order valence-corrected chi connectivity index (χ2v) is 9.67. The molecule has 0 amide bonds. The highest BCUT2D eigenvalue weighted by Gasteiger charge is 2.22. The van der Waals surface area contributed by atoms with Gasteiger partial charge in [-0.1, -0.05) is 36.4 Å². The first-order valence-electron chi connectivity index (χ1n) is 9.54. The molecule has 4 aromatic rings. The normalized spacial score (nSPS) is 12.2. The maximum Gasteiger partial charge on any atom is 0.247 e. The Bertz CT molecular complexity index is 1290. The van der Waals surface area contributed by atoms with E-state index in [0.29, 0.717) is 11.6 Å². The highest BCUT2D eigenvalue weighted by atomic mass is 32.2. The summed E-state index contributed by atoms with van der Waals surface area (Å²) in [7, 11) is -3.64. The fourth-order valence-electron chi connectivity index (χ4n) is 3.11. The zero-order valence-corrected chi connectivity index (χ0v) is 17.8. The third-order valence-corrected chi connectivity index (χ3v) is 6.03. The van der Waals surface area contributed by atoms with Gasteiger partial charge in [0.15, 0.2) is 5.65 Å². The summed E-state index contributed by atoms with van der Waals surface area (Å²) in [5.74, 6) is 0.465. The maximum atomic E-state index is 12.7. The number of nitrogens with zero attached hydrogens (tertiary/aromatic N) is 3. The molecule has 30 heavy (non-hydrogen) atoms. The number of nitrogens with one attached hydrogen (secondary N) is 2. The van der Waals surface area contributed by atoms with Gasteiger partial charge in [0.05, 0.1) is 10.6 Å². The van der Waals surface area contributed by atoms with Crippen molar-refractivity contribution in [1.29, 1.82) is 0 Å². The number of hydrogen-bond donors (Lipinski definition) is 2. The van der Waals surface area contributed by atoms with Crippen LogP contribution in [-0.4, -0.2) is 28.6 Å². The van der Waals surface area contributed by atoms with Gasteiger partial charge in [0.1, 0.15) is 0 Å². The van der Waals surface area contributed by atoms with Crippen LogP contribution in [0.5, 0.6) is 0 Å². The number of hydrogen-bond acceptors (Lipinski definition) is 5. The van der Waals surface area contributed by atoms with E-state index in [1.54, 1.807) is 22.7 Å². The van der Waals surface area contributed by atoms with Crippen LogP contribution < -0.4 is 10.0 Å². The van der Waals surface area contributed by atoms with Crippen molar-refractivity contribution in [2.45, 2.75) is 31.2 Å². The van der Waals surface area contributed by atoms with Crippen LogP contribution in [0.15, 0.2) is 77.7 Å². The van der Waals surface area contributed by atoms with Gasteiger partial charge in [0.2, 0.25) is 16.0 Å². The first-order chi connectivity index (χ1) is 14.2. The monoisotopic (exact) mass is 421 g/mol. The highest BCUT2D eigenvalue weighted by molar-refractivity contribution is 7.89. The molecule has 0 fully saturated rings. The molecule has 154 valence electrons. The van der Waals surface area contributed by atoms with Crippen LogP contribution >= 0.6 is 0 Å². The minimum atomic E-state index is -3.64. The molecule has 2 N–H and O–H groups in total. The summed E-state index contributed by atoms with van der Waals surface area (Å²) < 4.78 is 29.9. The van der Waals surface area contributed by atoms with Crippen molar-refractivity contribution < 1.29 is 8.42 Å². The Kier molecular flexibility index (Phi) is 5.05. The number of sulfonamides is 1. The van der Waals surface area contributed by atoms with Crippen molar-refractivity contribution in [3.63, 3.8) is 0 Å². The van der Waals surface area contributed by atoms with E-state index in [0.717, 1.165) is 16.9 Å². The third-order valence-electron chi connectivity index (χ3n) is 4.27. The van der Waals surface area contributed by atoms with E-state index >= 15 is 0 Å². The zero-order valence-electron chi connectivity index (χ0n) is 17.0. The Labute approximate surface area is 175 Å². The molecule has 0 saturated carbocycles. The van der Waals surface area contributed by atoms with E-state index in [1.165, 1.54) is 0 Å². The molecule has 4 rings (SSSR count). The summed E-state index contributed by atoms with van der Waals surface area (Å²) in [5.41, 5.74) is 2.45. The van der Waals surface area contributed by atoms with Gasteiger partial charge in [-0.05, 0) is 57.2 Å². The lowest BCUT2D eigenvalue weighted by Crippen LogP contribution is -2.40. The summed E-state index contributed by atoms with van der Waals surface area (Å²) in [4.78, 5) is 4.73. The van der Waals surface area contributed by atoms with E-state index in [9.17, 15) is 8.42 Å². The lowest BCUT2D eigenvalue weighted by molar-refractivity contribution is 0.491. The van der Waals surface area contributed by atoms with Crippen molar-refractivity contribution in [2.75, 3.05) is 5.32 Å². The van der Waals surface area contributed by atoms with Crippen molar-refractivity contribution in [1.82, 2.24) is 19.3 Å². The van der Waals surface area contributed by atoms with Gasteiger partial charge in [-0.3, -0.25) is 0 Å². The molecule has 2 aromatic heterocycles. The summed E-state index contributed by atoms with van der Waals surface area (Å²) in [6.07, 6.45) is 0. The maximum absolute atomic E-state index is 12.7. The lowest BCUT2D eigenvalue weighted by Gasteiger charge is -2.20. The first-order valence-corrected chi connectivity index (χ1v) is 11.0. The standard InChI is InChI=1S/C22H23N5O2S/c1-22(2,3)26-30(28,29)18-12-7-9-16(15-18)19-13-8-14-20-24-21(25-27(19)20)23-17-10-5-4-6-11-17/h4-15,26H,1-3H3,(H,23,25). The fraction of sp³-hybridized carbons (Fsp3) is 0.182. The smallest absolute Gasteiger partial charge is 0.247 e. The number of fused-ring (bicyclic) bond motifs is 1. The molecule has 0 spiro atoms. The molecule has 0 aliphatic rings. The molecule has 2 aromatic carbocycles. The van der Waals surface area contributed by atoms with E-state index in [1.807, 2.05) is 75.4 Å². The van der Waals surface area contributed by atoms with E-state index in [-0.39, 0.29) is 4.90 Å². The van der Waals surface area contributed by atoms with Crippen LogP contribution in [0.3, 0.4) is 0 Å². The number of anilines is 2. The Morgan fingerprint density at radius 2 is 1.63 bits per heavy atom. The Morgan fingerprint density at radius 3 is 2.37 bits per heavy atom. The molecular formula is C22H23N5O2S. The van der Waals surface area contributed by atoms with Crippen molar-refractivity contribution in [2.24, 2.45) is 0 Å². The first kappa shape index (κ1) is 20.1. The topological polar surface area (TPSA) is 88.4 Å². The number of rotatable bonds is 5. The Hall–Kier alpha value is -3.23. The van der Waals surface area contributed by atoms with Gasteiger partial charge in [-0.15, -0.1) is 5.10 Å². The summed E-state index contributed by atoms with van der Waals surface area (Å²) in [6, 6.07) is 22.1. The van der Waals surface area contributed by atoms with E-state index < -0.39 is 15.6 Å². The second-order valence-electron chi connectivity index (χ2n) is 7.99. The Balaban J connectivity index is 1.73. The second kappa shape index (κ2) is 7.55. The number of para-hydroxylation sites is 1. The van der Waals surface area contributed by atoms with Crippen molar-refractivity contribution in [3.8, 4) is 11.3 Å². The minimum absolute atomic E-state index is 0.203. The van der Waals surface area contributed by atoms with Crippen LogP contribution in [0.4, 0.5) is 11.6 Å². The van der Waals surface area contributed by atoms with Crippen LogP contribution in [-0.2, 0) is 10.0 Å². The van der Waals surface area contributed by atoms with Crippen LogP contribution in [0.1, 0.15) is 20.8 Å². The number of benzene rings is 2. The molecule has 7 nitrogen and oxygen atoms in total. The molecule has 8 heteroatoms. The average molecular weight is 422 g/mol. The number of pyridine rings is 1. The zero-order chi connectivity index (χ0) is 21.4. The Morgan fingerprint density at radius 1 is 0.900 bits per heavy atom. The quantitative estimate of drug-likeness (QED) is 0.504. The molecule has 0 unspecified atom stereocenters. The molecule has 0 saturated heterocycles. The van der Waals surface area contributed by atoms with Crippen molar-refractivity contribution >= 4 is 27.3 Å². The largest absolute Gasteiger partial charge is 0.323 e. The van der Waals surface area contributed by atoms with Crippen LogP contribution in [0, 0.1) is 0 Å².